The Bertz CT molecular complexity index is 1720. The van der Waals surface area contributed by atoms with Gasteiger partial charge in [-0.05, 0) is 123 Å². The zero-order valence-electron chi connectivity index (χ0n) is 28.9. The Balaban J connectivity index is 0.784. The maximum absolute atomic E-state index is 13.1. The van der Waals surface area contributed by atoms with Gasteiger partial charge in [-0.25, -0.2) is 0 Å². The van der Waals surface area contributed by atoms with Gasteiger partial charge >= 0.3 is 0 Å². The Kier molecular flexibility index (Phi) is 8.84. The van der Waals surface area contributed by atoms with Gasteiger partial charge in [0.2, 0.25) is 0 Å². The smallest absolute Gasteiger partial charge is 0.256 e. The molecule has 10 heteroatoms. The van der Waals surface area contributed by atoms with Gasteiger partial charge in [0, 0.05) is 25.4 Å². The number of unbranched alkanes of at least 4 members (excludes halogenated alkanes) is 2. The second kappa shape index (κ2) is 13.4. The van der Waals surface area contributed by atoms with Crippen molar-refractivity contribution in [2.75, 3.05) is 20.3 Å². The van der Waals surface area contributed by atoms with Gasteiger partial charge in [-0.2, -0.15) is 0 Å². The number of fused-ring (bicyclic) bond motifs is 7. The number of aliphatic hydroxyl groups is 1. The lowest BCUT2D eigenvalue weighted by Crippen LogP contribution is -2.43. The van der Waals surface area contributed by atoms with Crippen molar-refractivity contribution in [2.45, 2.75) is 109 Å². The molecule has 1 aromatic heterocycles. The van der Waals surface area contributed by atoms with Crippen LogP contribution in [-0.4, -0.2) is 69.5 Å². The Morgan fingerprint density at radius 3 is 2.84 bits per heavy atom. The maximum atomic E-state index is 13.1. The molecule has 0 radical (unpaired) electrons. The third-order valence-corrected chi connectivity index (χ3v) is 12.4. The van der Waals surface area contributed by atoms with E-state index in [1.54, 1.807) is 19.2 Å². The van der Waals surface area contributed by atoms with E-state index in [9.17, 15) is 9.90 Å². The molecule has 6 atom stereocenters. The van der Waals surface area contributed by atoms with E-state index in [0.29, 0.717) is 47.1 Å². The van der Waals surface area contributed by atoms with Crippen LogP contribution in [0.5, 0.6) is 17.2 Å². The lowest BCUT2D eigenvalue weighted by Gasteiger charge is -2.50. The Morgan fingerprint density at radius 2 is 1.94 bits per heavy atom. The van der Waals surface area contributed by atoms with Gasteiger partial charge in [-0.3, -0.25) is 14.5 Å². The molecule has 3 fully saturated rings. The fraction of sp³-hybridized carbons (Fsp3) is 0.590. The summed E-state index contributed by atoms with van der Waals surface area (Å²) in [6.07, 6.45) is 15.5. The molecule has 49 heavy (non-hydrogen) atoms. The van der Waals surface area contributed by atoms with Crippen LogP contribution in [0.15, 0.2) is 41.5 Å². The number of hydrogen-bond acceptors (Lipinski definition) is 8. The fourth-order valence-corrected chi connectivity index (χ4v) is 9.65. The number of amides is 1. The van der Waals surface area contributed by atoms with E-state index >= 15 is 0 Å². The van der Waals surface area contributed by atoms with E-state index in [0.717, 1.165) is 75.9 Å². The Labute approximate surface area is 288 Å². The van der Waals surface area contributed by atoms with Crippen molar-refractivity contribution in [1.82, 2.24) is 19.9 Å². The molecule has 3 aliphatic carbocycles. The molecular weight excluding hydrogens is 618 g/mol. The Hall–Kier alpha value is -3.92. The van der Waals surface area contributed by atoms with Crippen LogP contribution in [0.4, 0.5) is 5.69 Å². The van der Waals surface area contributed by atoms with Gasteiger partial charge in [-0.1, -0.05) is 18.2 Å². The molecule has 3 aromatic rings. The molecule has 3 heterocycles. The molecule has 0 bridgehead atoms. The number of aliphatic imine (C=N–C) groups is 1. The normalized spacial score (nSPS) is 28.3. The van der Waals surface area contributed by atoms with Crippen LogP contribution in [0, 0.1) is 17.3 Å². The molecule has 1 N–H and O–H groups in total. The first kappa shape index (κ1) is 32.3. The van der Waals surface area contributed by atoms with Crippen LogP contribution in [0.25, 0.3) is 0 Å². The van der Waals surface area contributed by atoms with Crippen LogP contribution in [0.2, 0.25) is 0 Å². The number of benzene rings is 2. The number of aliphatic hydroxyl groups excluding tert-OH is 1. The van der Waals surface area contributed by atoms with Gasteiger partial charge < -0.3 is 24.2 Å². The van der Waals surface area contributed by atoms with Gasteiger partial charge in [0.05, 0.1) is 43.3 Å². The minimum atomic E-state index is -0.116. The number of methoxy groups -OCH3 is 1. The summed E-state index contributed by atoms with van der Waals surface area (Å²) >= 11 is 0. The van der Waals surface area contributed by atoms with Crippen LogP contribution < -0.4 is 14.2 Å². The van der Waals surface area contributed by atoms with E-state index in [-0.39, 0.29) is 30.1 Å². The van der Waals surface area contributed by atoms with Crippen molar-refractivity contribution in [1.29, 1.82) is 0 Å². The highest BCUT2D eigenvalue weighted by Crippen LogP contribution is 2.61. The van der Waals surface area contributed by atoms with E-state index in [2.05, 4.69) is 40.4 Å². The monoisotopic (exact) mass is 667 g/mol. The standard InChI is InChI=1S/C39H49N5O5/c1-39-15-14-30-29-11-9-28(19-25(29)8-10-31(30)33(39)12-13-37(39)45)48-18-5-3-4-16-43-23-26(41-42-43)24-49-36-21-34-32(20-35(36)47-2)38(46)44-17-6-7-27(44)22-40-34/h9,11,19-23,27,30-31,33,37,45H,3-8,10,12-18,24H2,1-2H3/t27-,30+,31+,33-,37-,39-/m0/s1. The zero-order chi connectivity index (χ0) is 33.5. The largest absolute Gasteiger partial charge is 0.494 e. The first-order valence-electron chi connectivity index (χ1n) is 18.4. The summed E-state index contributed by atoms with van der Waals surface area (Å²) in [6, 6.07) is 10.4. The molecule has 5 aliphatic rings. The lowest BCUT2D eigenvalue weighted by atomic mass is 9.55. The molecule has 1 saturated heterocycles. The first-order valence-corrected chi connectivity index (χ1v) is 18.4. The number of rotatable bonds is 11. The molecule has 0 unspecified atom stereocenters. The molecule has 0 spiro atoms. The van der Waals surface area contributed by atoms with Crippen LogP contribution in [0.1, 0.15) is 104 Å². The van der Waals surface area contributed by atoms with E-state index in [4.69, 9.17) is 14.2 Å². The van der Waals surface area contributed by atoms with Crippen molar-refractivity contribution in [3.05, 3.63) is 58.9 Å². The number of hydrogen-bond donors (Lipinski definition) is 1. The molecule has 2 saturated carbocycles. The maximum Gasteiger partial charge on any atom is 0.256 e. The second-order valence-electron chi connectivity index (χ2n) is 15.1. The highest BCUT2D eigenvalue weighted by molar-refractivity contribution is 6.03. The minimum absolute atomic E-state index is 0.00964. The molecule has 1 amide bonds. The van der Waals surface area contributed by atoms with Crippen LogP contribution in [-0.2, 0) is 19.6 Å². The van der Waals surface area contributed by atoms with Crippen molar-refractivity contribution in [3.8, 4) is 17.2 Å². The predicted molar refractivity (Wildman–Crippen MR) is 186 cm³/mol. The molecule has 260 valence electrons. The van der Waals surface area contributed by atoms with Crippen molar-refractivity contribution >= 4 is 17.8 Å². The van der Waals surface area contributed by atoms with Crippen LogP contribution >= 0.6 is 0 Å². The van der Waals surface area contributed by atoms with Gasteiger partial charge in [0.15, 0.2) is 11.5 Å². The first-order chi connectivity index (χ1) is 23.9. The van der Waals surface area contributed by atoms with Crippen LogP contribution in [0.3, 0.4) is 0 Å². The summed E-state index contributed by atoms with van der Waals surface area (Å²) in [5, 5.41) is 19.3. The van der Waals surface area contributed by atoms with Crippen molar-refractivity contribution in [3.63, 3.8) is 0 Å². The zero-order valence-corrected chi connectivity index (χ0v) is 28.9. The highest BCUT2D eigenvalue weighted by atomic mass is 16.5. The SMILES string of the molecule is COc1cc2c(cc1OCc1cn(CCCCCOc3ccc4c(c3)CC[C@@H]3[C@@H]4CC[C@]4(C)[C@@H](O)CC[C@@H]34)nn1)N=C[C@@H]1CCCN1C2=O. The van der Waals surface area contributed by atoms with E-state index < -0.39 is 0 Å². The lowest BCUT2D eigenvalue weighted by molar-refractivity contribution is -0.0226. The molecular formula is C39H49N5O5. The van der Waals surface area contributed by atoms with Gasteiger partial charge in [0.1, 0.15) is 18.1 Å². The summed E-state index contributed by atoms with van der Waals surface area (Å²) in [4.78, 5) is 19.6. The third-order valence-electron chi connectivity index (χ3n) is 12.4. The summed E-state index contributed by atoms with van der Waals surface area (Å²) in [6.45, 7) is 4.82. The highest BCUT2D eigenvalue weighted by Gasteiger charge is 2.54. The summed E-state index contributed by atoms with van der Waals surface area (Å²) in [7, 11) is 1.58. The average molecular weight is 668 g/mol. The second-order valence-corrected chi connectivity index (χ2v) is 15.1. The number of nitrogens with zero attached hydrogens (tertiary/aromatic N) is 5. The van der Waals surface area contributed by atoms with Gasteiger partial charge in [-0.15, -0.1) is 5.10 Å². The topological polar surface area (TPSA) is 111 Å². The van der Waals surface area contributed by atoms with Gasteiger partial charge in [0.25, 0.3) is 5.91 Å². The Morgan fingerprint density at radius 1 is 1.02 bits per heavy atom. The van der Waals surface area contributed by atoms with E-state index in [1.807, 2.05) is 22.0 Å². The predicted octanol–water partition coefficient (Wildman–Crippen LogP) is 6.65. The molecule has 10 nitrogen and oxygen atoms in total. The average Bonchev–Trinajstić information content (AvgIpc) is 3.84. The number of carbonyl (C=O) groups excluding carboxylic acids is 1. The minimum Gasteiger partial charge on any atom is -0.494 e. The van der Waals surface area contributed by atoms with Crippen molar-refractivity contribution in [2.24, 2.45) is 22.2 Å². The fourth-order valence-electron chi connectivity index (χ4n) is 9.65. The molecule has 2 aromatic carbocycles. The quantitative estimate of drug-likeness (QED) is 0.228. The number of aryl methyl sites for hydroxylation is 2. The van der Waals surface area contributed by atoms with E-state index in [1.165, 1.54) is 30.4 Å². The third kappa shape index (κ3) is 6.10. The van der Waals surface area contributed by atoms with Crippen molar-refractivity contribution < 1.29 is 24.1 Å². The molecule has 8 rings (SSSR count). The summed E-state index contributed by atoms with van der Waals surface area (Å²) in [5.74, 6) is 4.02. The number of ether oxygens (including phenoxy) is 3. The summed E-state index contributed by atoms with van der Waals surface area (Å²) in [5.41, 5.74) is 5.00. The molecule has 2 aliphatic heterocycles. The number of aromatic nitrogens is 3. The number of carbonyl (C=O) groups is 1. The summed E-state index contributed by atoms with van der Waals surface area (Å²) < 4.78 is 19.7.